The van der Waals surface area contributed by atoms with Gasteiger partial charge in [0.1, 0.15) is 11.5 Å². The third kappa shape index (κ3) is 5.46. The number of carbonyl (C=O) groups is 1. The van der Waals surface area contributed by atoms with Gasteiger partial charge in [-0.25, -0.2) is 9.78 Å². The minimum absolute atomic E-state index is 0.326. The maximum Gasteiger partial charge on any atom is 0.333 e. The van der Waals surface area contributed by atoms with Crippen LogP contribution in [0.5, 0.6) is 5.75 Å². The van der Waals surface area contributed by atoms with E-state index in [1.54, 1.807) is 18.3 Å². The van der Waals surface area contributed by atoms with Crippen molar-refractivity contribution in [2.75, 3.05) is 13.2 Å². The van der Waals surface area contributed by atoms with Crippen LogP contribution in [0.15, 0.2) is 40.1 Å². The van der Waals surface area contributed by atoms with Crippen LogP contribution in [0.3, 0.4) is 0 Å². The van der Waals surface area contributed by atoms with Crippen molar-refractivity contribution >= 4 is 17.3 Å². The maximum atomic E-state index is 11.2. The number of aromatic nitrogens is 1. The molecule has 0 saturated carbocycles. The molecule has 7 heteroatoms. The van der Waals surface area contributed by atoms with Crippen molar-refractivity contribution in [2.24, 2.45) is 0 Å². The second kappa shape index (κ2) is 9.71. The summed E-state index contributed by atoms with van der Waals surface area (Å²) in [6.07, 6.45) is 0.141. The number of hydrogen-bond acceptors (Lipinski definition) is 6. The SMILES string of the molecule is CCO[C@H](Cc1ccc(OCCc2nc(-c3sccc3C)oc2C)cc1)C(=O)O. The largest absolute Gasteiger partial charge is 0.493 e. The number of nitrogens with zero attached hydrogens (tertiary/aromatic N) is 1. The summed E-state index contributed by atoms with van der Waals surface area (Å²) >= 11 is 1.62. The van der Waals surface area contributed by atoms with Gasteiger partial charge in [-0.1, -0.05) is 12.1 Å². The zero-order chi connectivity index (χ0) is 20.8. The summed E-state index contributed by atoms with van der Waals surface area (Å²) in [5, 5.41) is 11.2. The molecule has 0 amide bonds. The summed E-state index contributed by atoms with van der Waals surface area (Å²) in [5.41, 5.74) is 2.94. The van der Waals surface area contributed by atoms with Crippen LogP contribution in [-0.2, 0) is 22.4 Å². The van der Waals surface area contributed by atoms with Gasteiger partial charge in [-0.15, -0.1) is 11.3 Å². The molecule has 0 fully saturated rings. The third-order valence-corrected chi connectivity index (χ3v) is 5.55. The van der Waals surface area contributed by atoms with Gasteiger partial charge in [0.15, 0.2) is 6.10 Å². The Morgan fingerprint density at radius 2 is 2.00 bits per heavy atom. The quantitative estimate of drug-likeness (QED) is 0.518. The fourth-order valence-corrected chi connectivity index (χ4v) is 3.82. The van der Waals surface area contributed by atoms with E-state index < -0.39 is 12.1 Å². The first kappa shape index (κ1) is 21.1. The van der Waals surface area contributed by atoms with Gasteiger partial charge in [-0.2, -0.15) is 0 Å². The van der Waals surface area contributed by atoms with E-state index in [0.29, 0.717) is 31.9 Å². The maximum absolute atomic E-state index is 11.2. The number of ether oxygens (including phenoxy) is 2. The highest BCUT2D eigenvalue weighted by Crippen LogP contribution is 2.29. The fourth-order valence-electron chi connectivity index (χ4n) is 2.97. The summed E-state index contributed by atoms with van der Waals surface area (Å²) in [6.45, 7) is 6.60. The van der Waals surface area contributed by atoms with Crippen LogP contribution in [0.2, 0.25) is 0 Å². The summed E-state index contributed by atoms with van der Waals surface area (Å²) in [6, 6.07) is 9.47. The van der Waals surface area contributed by atoms with Crippen LogP contribution in [0.25, 0.3) is 10.8 Å². The molecule has 0 spiro atoms. The zero-order valence-corrected chi connectivity index (χ0v) is 17.6. The lowest BCUT2D eigenvalue weighted by atomic mass is 10.1. The van der Waals surface area contributed by atoms with Crippen LogP contribution in [0.1, 0.15) is 29.5 Å². The molecule has 0 aliphatic rings. The summed E-state index contributed by atoms with van der Waals surface area (Å²) < 4.78 is 16.9. The third-order valence-electron chi connectivity index (χ3n) is 4.54. The van der Waals surface area contributed by atoms with Crippen LogP contribution in [0.4, 0.5) is 0 Å². The number of oxazole rings is 1. The van der Waals surface area contributed by atoms with Crippen molar-refractivity contribution in [1.82, 2.24) is 4.98 Å². The van der Waals surface area contributed by atoms with Crippen molar-refractivity contribution in [3.63, 3.8) is 0 Å². The number of benzene rings is 1. The van der Waals surface area contributed by atoms with Gasteiger partial charge < -0.3 is 19.0 Å². The Bertz CT molecular complexity index is 945. The molecule has 154 valence electrons. The average Bonchev–Trinajstić information content (AvgIpc) is 3.28. The first-order valence-corrected chi connectivity index (χ1v) is 10.4. The number of aryl methyl sites for hydroxylation is 2. The number of carboxylic acid groups (broad SMARTS) is 1. The second-order valence-electron chi connectivity index (χ2n) is 6.68. The molecule has 0 aliphatic heterocycles. The number of carboxylic acids is 1. The van der Waals surface area contributed by atoms with Crippen molar-refractivity contribution in [3.05, 3.63) is 58.3 Å². The Morgan fingerprint density at radius 1 is 1.24 bits per heavy atom. The normalized spacial score (nSPS) is 12.1. The van der Waals surface area contributed by atoms with Gasteiger partial charge in [-0.3, -0.25) is 0 Å². The fraction of sp³-hybridized carbons (Fsp3) is 0.364. The molecule has 3 aromatic rings. The Hall–Kier alpha value is -2.64. The molecule has 2 aromatic heterocycles. The second-order valence-corrected chi connectivity index (χ2v) is 7.60. The van der Waals surface area contributed by atoms with Crippen molar-refractivity contribution in [1.29, 1.82) is 0 Å². The summed E-state index contributed by atoms with van der Waals surface area (Å²) in [7, 11) is 0. The molecular weight excluding hydrogens is 390 g/mol. The van der Waals surface area contributed by atoms with Crippen LogP contribution in [-0.4, -0.2) is 35.4 Å². The van der Waals surface area contributed by atoms with E-state index in [1.807, 2.05) is 43.5 Å². The lowest BCUT2D eigenvalue weighted by molar-refractivity contribution is -0.149. The molecule has 2 heterocycles. The highest BCUT2D eigenvalue weighted by molar-refractivity contribution is 7.13. The average molecular weight is 416 g/mol. The van der Waals surface area contributed by atoms with E-state index in [2.05, 4.69) is 11.1 Å². The topological polar surface area (TPSA) is 81.8 Å². The van der Waals surface area contributed by atoms with E-state index in [4.69, 9.17) is 13.9 Å². The number of rotatable bonds is 10. The molecule has 0 saturated heterocycles. The van der Waals surface area contributed by atoms with Crippen LogP contribution >= 0.6 is 11.3 Å². The molecular formula is C22H25NO5S. The monoisotopic (exact) mass is 415 g/mol. The summed E-state index contributed by atoms with van der Waals surface area (Å²) in [4.78, 5) is 16.9. The molecule has 29 heavy (non-hydrogen) atoms. The first-order valence-electron chi connectivity index (χ1n) is 9.54. The van der Waals surface area contributed by atoms with E-state index in [9.17, 15) is 9.90 Å². The van der Waals surface area contributed by atoms with Gasteiger partial charge in [0.05, 0.1) is 17.2 Å². The van der Waals surface area contributed by atoms with Gasteiger partial charge in [-0.05, 0) is 55.5 Å². The van der Waals surface area contributed by atoms with Crippen molar-refractivity contribution < 1.29 is 23.8 Å². The minimum atomic E-state index is -0.952. The molecule has 6 nitrogen and oxygen atoms in total. The predicted octanol–water partition coefficient (Wildman–Crippen LogP) is 4.67. The Kier molecular flexibility index (Phi) is 7.06. The zero-order valence-electron chi connectivity index (χ0n) is 16.8. The van der Waals surface area contributed by atoms with Crippen LogP contribution in [0, 0.1) is 13.8 Å². The highest BCUT2D eigenvalue weighted by atomic mass is 32.1. The van der Waals surface area contributed by atoms with Crippen molar-refractivity contribution in [2.45, 2.75) is 39.7 Å². The molecule has 1 aromatic carbocycles. The molecule has 1 N–H and O–H groups in total. The van der Waals surface area contributed by atoms with Gasteiger partial charge >= 0.3 is 5.97 Å². The van der Waals surface area contributed by atoms with E-state index in [1.165, 1.54) is 0 Å². The van der Waals surface area contributed by atoms with Crippen molar-refractivity contribution in [3.8, 4) is 16.5 Å². The highest BCUT2D eigenvalue weighted by Gasteiger charge is 2.18. The van der Waals surface area contributed by atoms with E-state index in [-0.39, 0.29) is 0 Å². The number of hydrogen-bond donors (Lipinski definition) is 1. The molecule has 0 unspecified atom stereocenters. The molecule has 0 radical (unpaired) electrons. The lowest BCUT2D eigenvalue weighted by Gasteiger charge is -2.12. The molecule has 3 rings (SSSR count). The Morgan fingerprint density at radius 3 is 2.62 bits per heavy atom. The van der Waals surface area contributed by atoms with Crippen LogP contribution < -0.4 is 4.74 Å². The van der Waals surface area contributed by atoms with Gasteiger partial charge in [0.25, 0.3) is 0 Å². The molecule has 0 aliphatic carbocycles. The molecule has 1 atom stereocenters. The minimum Gasteiger partial charge on any atom is -0.493 e. The Balaban J connectivity index is 1.54. The Labute approximate surface area is 174 Å². The standard InChI is InChI=1S/C22H25NO5S/c1-4-26-19(22(24)25)13-16-5-7-17(8-6-16)27-11-9-18-15(3)28-21(23-18)20-14(2)10-12-29-20/h5-8,10,12,19H,4,9,11,13H2,1-3H3,(H,24,25)/t19-/m1/s1. The first-order chi connectivity index (χ1) is 14.0. The molecule has 0 bridgehead atoms. The van der Waals surface area contributed by atoms with E-state index >= 15 is 0 Å². The van der Waals surface area contributed by atoms with Gasteiger partial charge in [0, 0.05) is 19.4 Å². The summed E-state index contributed by atoms with van der Waals surface area (Å²) in [5.74, 6) is 1.25. The van der Waals surface area contributed by atoms with Gasteiger partial charge in [0.2, 0.25) is 5.89 Å². The number of aliphatic carboxylic acids is 1. The predicted molar refractivity (Wildman–Crippen MR) is 112 cm³/mol. The number of thiophene rings is 1. The van der Waals surface area contributed by atoms with E-state index in [0.717, 1.165) is 33.2 Å². The lowest BCUT2D eigenvalue weighted by Crippen LogP contribution is -2.26. The smallest absolute Gasteiger partial charge is 0.333 e.